The standard InChI is InChI=1S/C48H30S/c1-2-11-34-28-36(25-22-31(34)10-1)35-12-9-13-38(29-35)48-42-17-5-3-15-40(42)47(41-16-4-6-18-43(41)48)33-23-20-32(21-24-33)37-26-27-46-44(30-37)39-14-7-8-19-45(39)49-46/h1-30H/i1D. The van der Waals surface area contributed by atoms with E-state index in [2.05, 4.69) is 158 Å². The molecular weight excluding hydrogens is 609 g/mol. The number of hydrogen-bond donors (Lipinski definition) is 0. The van der Waals surface area contributed by atoms with E-state index < -0.39 is 0 Å². The molecule has 0 nitrogen and oxygen atoms in total. The molecule has 0 radical (unpaired) electrons. The first-order valence-electron chi connectivity index (χ1n) is 17.2. The Morgan fingerprint density at radius 3 is 1.61 bits per heavy atom. The molecule has 1 heteroatoms. The zero-order valence-corrected chi connectivity index (χ0v) is 27.5. The molecule has 0 fully saturated rings. The maximum Gasteiger partial charge on any atom is 0.0623 e. The van der Waals surface area contributed by atoms with Crippen molar-refractivity contribution >= 4 is 63.8 Å². The number of thiophene rings is 1. The van der Waals surface area contributed by atoms with Gasteiger partial charge >= 0.3 is 0 Å². The zero-order chi connectivity index (χ0) is 33.2. The third-order valence-corrected chi connectivity index (χ3v) is 11.1. The topological polar surface area (TPSA) is 0 Å². The van der Waals surface area contributed by atoms with E-state index >= 15 is 0 Å². The van der Waals surface area contributed by atoms with Crippen molar-refractivity contribution in [2.75, 3.05) is 0 Å². The van der Waals surface area contributed by atoms with Gasteiger partial charge in [-0.05, 0) is 107 Å². The molecule has 228 valence electrons. The highest BCUT2D eigenvalue weighted by Gasteiger charge is 2.17. The van der Waals surface area contributed by atoms with Crippen LogP contribution in [0, 0.1) is 0 Å². The summed E-state index contributed by atoms with van der Waals surface area (Å²) in [6.45, 7) is 0. The van der Waals surface area contributed by atoms with Crippen molar-refractivity contribution in [3.8, 4) is 44.5 Å². The molecule has 10 rings (SSSR count). The maximum atomic E-state index is 8.01. The van der Waals surface area contributed by atoms with Crippen LogP contribution < -0.4 is 0 Å². The van der Waals surface area contributed by atoms with Gasteiger partial charge in [0, 0.05) is 20.2 Å². The van der Waals surface area contributed by atoms with Gasteiger partial charge in [-0.2, -0.15) is 0 Å². The lowest BCUT2D eigenvalue weighted by Crippen LogP contribution is -1.91. The lowest BCUT2D eigenvalue weighted by molar-refractivity contribution is 1.62. The third-order valence-electron chi connectivity index (χ3n) is 9.98. The molecule has 0 unspecified atom stereocenters. The van der Waals surface area contributed by atoms with Crippen LogP contribution in [-0.4, -0.2) is 0 Å². The van der Waals surface area contributed by atoms with E-state index in [-0.39, 0.29) is 0 Å². The van der Waals surface area contributed by atoms with Crippen LogP contribution in [0.1, 0.15) is 1.37 Å². The minimum absolute atomic E-state index is 0.537. The second-order valence-electron chi connectivity index (χ2n) is 12.8. The molecule has 0 spiro atoms. The van der Waals surface area contributed by atoms with Gasteiger partial charge < -0.3 is 0 Å². The van der Waals surface area contributed by atoms with E-state index in [1.54, 1.807) is 0 Å². The molecule has 0 aliphatic carbocycles. The number of hydrogen-bond acceptors (Lipinski definition) is 1. The van der Waals surface area contributed by atoms with Crippen LogP contribution in [0.25, 0.3) is 97.0 Å². The average Bonchev–Trinajstić information content (AvgIpc) is 3.55. The minimum Gasteiger partial charge on any atom is -0.135 e. The Hall–Kier alpha value is -6.02. The molecule has 1 heterocycles. The fraction of sp³-hybridized carbons (Fsp3) is 0. The molecule has 0 atom stereocenters. The summed E-state index contributed by atoms with van der Waals surface area (Å²) in [7, 11) is 0. The van der Waals surface area contributed by atoms with Crippen LogP contribution in [0.5, 0.6) is 0 Å². The highest BCUT2D eigenvalue weighted by atomic mass is 32.1. The Bertz CT molecular complexity index is 2870. The van der Waals surface area contributed by atoms with Crippen molar-refractivity contribution in [3.63, 3.8) is 0 Å². The quantitative estimate of drug-likeness (QED) is 0.168. The predicted octanol–water partition coefficient (Wildman–Crippen LogP) is 14.2. The van der Waals surface area contributed by atoms with Gasteiger partial charge in [0.1, 0.15) is 0 Å². The molecule has 1 aromatic heterocycles. The summed E-state index contributed by atoms with van der Waals surface area (Å²) < 4.78 is 10.7. The number of benzene rings is 9. The molecule has 0 bridgehead atoms. The summed E-state index contributed by atoms with van der Waals surface area (Å²) in [6, 6.07) is 64.3. The van der Waals surface area contributed by atoms with E-state index in [4.69, 9.17) is 1.37 Å². The first kappa shape index (κ1) is 27.0. The van der Waals surface area contributed by atoms with Crippen LogP contribution in [-0.2, 0) is 0 Å². The van der Waals surface area contributed by atoms with Crippen molar-refractivity contribution in [1.29, 1.82) is 0 Å². The summed E-state index contributed by atoms with van der Waals surface area (Å²) in [5, 5.41) is 9.90. The molecule has 10 aromatic rings. The Morgan fingerprint density at radius 2 is 0.857 bits per heavy atom. The van der Waals surface area contributed by atoms with Crippen molar-refractivity contribution < 1.29 is 1.37 Å². The molecule has 0 aliphatic heterocycles. The predicted molar refractivity (Wildman–Crippen MR) is 214 cm³/mol. The van der Waals surface area contributed by atoms with E-state index in [1.165, 1.54) is 86.2 Å². The van der Waals surface area contributed by atoms with Crippen molar-refractivity contribution in [1.82, 2.24) is 0 Å². The van der Waals surface area contributed by atoms with E-state index in [0.29, 0.717) is 6.04 Å². The second-order valence-corrected chi connectivity index (χ2v) is 13.9. The fourth-order valence-electron chi connectivity index (χ4n) is 7.65. The van der Waals surface area contributed by atoms with Crippen LogP contribution in [0.4, 0.5) is 0 Å². The second kappa shape index (κ2) is 11.3. The largest absolute Gasteiger partial charge is 0.135 e. The highest BCUT2D eigenvalue weighted by Crippen LogP contribution is 2.45. The van der Waals surface area contributed by atoms with Crippen LogP contribution in [0.2, 0.25) is 0 Å². The van der Waals surface area contributed by atoms with Crippen LogP contribution in [0.15, 0.2) is 182 Å². The molecule has 9 aromatic carbocycles. The SMILES string of the molecule is [2H]c1ccc2cc(-c3cccc(-c4c5ccccc5c(-c5ccc(-c6ccc7sc8ccccc8c7c6)cc5)c5ccccc45)c3)ccc2c1. The minimum atomic E-state index is 0.537. The normalized spacial score (nSPS) is 12.0. The summed E-state index contributed by atoms with van der Waals surface area (Å²) in [4.78, 5) is 0. The molecule has 0 amide bonds. The van der Waals surface area contributed by atoms with Gasteiger partial charge in [-0.3, -0.25) is 0 Å². The zero-order valence-electron chi connectivity index (χ0n) is 27.7. The van der Waals surface area contributed by atoms with E-state index in [0.717, 1.165) is 10.8 Å². The van der Waals surface area contributed by atoms with Gasteiger partial charge in [0.25, 0.3) is 0 Å². The first-order chi connectivity index (χ1) is 24.7. The Kier molecular flexibility index (Phi) is 6.22. The molecule has 0 saturated heterocycles. The van der Waals surface area contributed by atoms with Crippen molar-refractivity contribution in [2.45, 2.75) is 0 Å². The lowest BCUT2D eigenvalue weighted by Gasteiger charge is -2.18. The molecular formula is C48H30S. The van der Waals surface area contributed by atoms with Gasteiger partial charge in [-0.15, -0.1) is 11.3 Å². The summed E-state index contributed by atoms with van der Waals surface area (Å²) >= 11 is 1.86. The molecule has 0 aliphatic rings. The maximum absolute atomic E-state index is 8.01. The summed E-state index contributed by atoms with van der Waals surface area (Å²) in [5.74, 6) is 0. The number of fused-ring (bicyclic) bond motifs is 6. The van der Waals surface area contributed by atoms with Gasteiger partial charge in [-0.25, -0.2) is 0 Å². The third kappa shape index (κ3) is 4.66. The van der Waals surface area contributed by atoms with Gasteiger partial charge in [-0.1, -0.05) is 152 Å². The average molecular weight is 640 g/mol. The monoisotopic (exact) mass is 639 g/mol. The Balaban J connectivity index is 1.11. The molecule has 49 heavy (non-hydrogen) atoms. The highest BCUT2D eigenvalue weighted by molar-refractivity contribution is 7.25. The van der Waals surface area contributed by atoms with Crippen molar-refractivity contribution in [3.05, 3.63) is 182 Å². The van der Waals surface area contributed by atoms with Gasteiger partial charge in [0.05, 0.1) is 1.37 Å². The summed E-state index contributed by atoms with van der Waals surface area (Å²) in [5.41, 5.74) is 9.77. The van der Waals surface area contributed by atoms with Crippen LogP contribution in [0.3, 0.4) is 0 Å². The Morgan fingerprint density at radius 1 is 0.306 bits per heavy atom. The van der Waals surface area contributed by atoms with Crippen LogP contribution >= 0.6 is 11.3 Å². The number of rotatable bonds is 4. The Labute approximate surface area is 290 Å². The fourth-order valence-corrected chi connectivity index (χ4v) is 8.73. The summed E-state index contributed by atoms with van der Waals surface area (Å²) in [6.07, 6.45) is 0. The molecule has 0 N–H and O–H groups in total. The van der Waals surface area contributed by atoms with E-state index in [9.17, 15) is 0 Å². The smallest absolute Gasteiger partial charge is 0.0623 e. The van der Waals surface area contributed by atoms with Gasteiger partial charge in [0.15, 0.2) is 0 Å². The first-order valence-corrected chi connectivity index (χ1v) is 17.6. The van der Waals surface area contributed by atoms with E-state index in [1.807, 2.05) is 29.5 Å². The van der Waals surface area contributed by atoms with Gasteiger partial charge in [0.2, 0.25) is 0 Å². The molecule has 0 saturated carbocycles. The van der Waals surface area contributed by atoms with Crippen molar-refractivity contribution in [2.24, 2.45) is 0 Å². The lowest BCUT2D eigenvalue weighted by atomic mass is 9.85.